The number of carbonyl (C=O) groups excluding carboxylic acids is 1. The van der Waals surface area contributed by atoms with Gasteiger partial charge in [0.2, 0.25) is 5.91 Å². The van der Waals surface area contributed by atoms with Crippen molar-refractivity contribution in [2.45, 2.75) is 6.42 Å². The summed E-state index contributed by atoms with van der Waals surface area (Å²) >= 11 is 0. The van der Waals surface area contributed by atoms with Crippen LogP contribution in [0.4, 0.5) is 10.1 Å². The maximum atomic E-state index is 12.9. The van der Waals surface area contributed by atoms with E-state index < -0.39 is 0 Å². The molecule has 0 saturated carbocycles. The van der Waals surface area contributed by atoms with Crippen LogP contribution in [-0.2, 0) is 11.2 Å². The molecule has 0 fully saturated rings. The van der Waals surface area contributed by atoms with E-state index in [1.54, 1.807) is 30.3 Å². The Morgan fingerprint density at radius 1 is 1.17 bits per heavy atom. The lowest BCUT2D eigenvalue weighted by atomic mass is 10.1. The Bertz CT molecular complexity index is 569. The Morgan fingerprint density at radius 3 is 2.67 bits per heavy atom. The van der Waals surface area contributed by atoms with E-state index in [-0.39, 0.29) is 23.9 Å². The molecule has 0 aliphatic heterocycles. The number of anilines is 1. The lowest BCUT2D eigenvalue weighted by molar-refractivity contribution is -0.115. The first-order chi connectivity index (χ1) is 8.65. The summed E-state index contributed by atoms with van der Waals surface area (Å²) in [6.07, 6.45) is 0.0616. The second-order valence-corrected chi connectivity index (χ2v) is 3.87. The van der Waals surface area contributed by atoms with E-state index in [0.717, 1.165) is 0 Å². The number of hydrogen-bond acceptors (Lipinski definition) is 2. The molecule has 2 rings (SSSR count). The molecule has 0 aliphatic carbocycles. The van der Waals surface area contributed by atoms with Gasteiger partial charge in [0.05, 0.1) is 12.1 Å². The number of aromatic hydroxyl groups is 1. The molecule has 4 heteroatoms. The molecule has 92 valence electrons. The Labute approximate surface area is 104 Å². The first kappa shape index (κ1) is 12.1. The number of para-hydroxylation sites is 2. The fourth-order valence-electron chi connectivity index (χ4n) is 1.61. The smallest absolute Gasteiger partial charge is 0.228 e. The SMILES string of the molecule is O=C(Cc1cccc(F)c1)Nc1ccccc1O. The van der Waals surface area contributed by atoms with Crippen molar-refractivity contribution in [3.8, 4) is 5.75 Å². The third kappa shape index (κ3) is 3.07. The lowest BCUT2D eigenvalue weighted by Gasteiger charge is -2.07. The van der Waals surface area contributed by atoms with Crippen LogP contribution < -0.4 is 5.32 Å². The number of carbonyl (C=O) groups is 1. The van der Waals surface area contributed by atoms with Crippen molar-refractivity contribution in [1.82, 2.24) is 0 Å². The van der Waals surface area contributed by atoms with Crippen LogP contribution in [0.25, 0.3) is 0 Å². The molecule has 0 spiro atoms. The Morgan fingerprint density at radius 2 is 1.94 bits per heavy atom. The summed E-state index contributed by atoms with van der Waals surface area (Å²) in [6, 6.07) is 12.3. The number of phenols is 1. The van der Waals surface area contributed by atoms with E-state index in [1.165, 1.54) is 18.2 Å². The van der Waals surface area contributed by atoms with Crippen LogP contribution >= 0.6 is 0 Å². The number of halogens is 1. The number of amides is 1. The van der Waals surface area contributed by atoms with Crippen LogP contribution in [0.2, 0.25) is 0 Å². The standard InChI is InChI=1S/C14H12FNO2/c15-11-5-3-4-10(8-11)9-14(18)16-12-6-1-2-7-13(12)17/h1-8,17H,9H2,(H,16,18). The molecule has 2 N–H and O–H groups in total. The summed E-state index contributed by atoms with van der Waals surface area (Å²) in [5, 5.41) is 12.1. The molecule has 0 atom stereocenters. The van der Waals surface area contributed by atoms with Crippen molar-refractivity contribution in [1.29, 1.82) is 0 Å². The first-order valence-corrected chi connectivity index (χ1v) is 5.47. The Hall–Kier alpha value is -2.36. The van der Waals surface area contributed by atoms with E-state index in [0.29, 0.717) is 11.3 Å². The van der Waals surface area contributed by atoms with Gasteiger partial charge < -0.3 is 10.4 Å². The third-order valence-corrected chi connectivity index (χ3v) is 2.43. The maximum Gasteiger partial charge on any atom is 0.228 e. The van der Waals surface area contributed by atoms with Gasteiger partial charge in [0, 0.05) is 0 Å². The molecular weight excluding hydrogens is 233 g/mol. The molecule has 18 heavy (non-hydrogen) atoms. The minimum atomic E-state index is -0.372. The van der Waals surface area contributed by atoms with Crippen LogP contribution in [0.3, 0.4) is 0 Å². The van der Waals surface area contributed by atoms with E-state index in [2.05, 4.69) is 5.32 Å². The zero-order valence-corrected chi connectivity index (χ0v) is 9.56. The number of hydrogen-bond donors (Lipinski definition) is 2. The highest BCUT2D eigenvalue weighted by Crippen LogP contribution is 2.21. The van der Waals surface area contributed by atoms with Gasteiger partial charge in [0.15, 0.2) is 0 Å². The van der Waals surface area contributed by atoms with E-state index in [4.69, 9.17) is 0 Å². The quantitative estimate of drug-likeness (QED) is 0.817. The lowest BCUT2D eigenvalue weighted by Crippen LogP contribution is -2.14. The predicted octanol–water partition coefficient (Wildman–Crippen LogP) is 2.71. The van der Waals surface area contributed by atoms with Crippen molar-refractivity contribution in [2.24, 2.45) is 0 Å². The average Bonchev–Trinajstić information content (AvgIpc) is 2.32. The van der Waals surface area contributed by atoms with Gasteiger partial charge in [-0.05, 0) is 29.8 Å². The topological polar surface area (TPSA) is 49.3 Å². The summed E-state index contributed by atoms with van der Waals surface area (Å²) in [4.78, 5) is 11.7. The van der Waals surface area contributed by atoms with Crippen molar-refractivity contribution in [3.05, 3.63) is 59.9 Å². The van der Waals surface area contributed by atoms with Crippen LogP contribution in [0.15, 0.2) is 48.5 Å². The molecule has 0 aromatic heterocycles. The fourth-order valence-corrected chi connectivity index (χ4v) is 1.61. The summed E-state index contributed by atoms with van der Waals surface area (Å²) in [6.45, 7) is 0. The number of nitrogens with one attached hydrogen (secondary N) is 1. The van der Waals surface area contributed by atoms with Crippen LogP contribution in [0.1, 0.15) is 5.56 Å². The highest BCUT2D eigenvalue weighted by atomic mass is 19.1. The predicted molar refractivity (Wildman–Crippen MR) is 66.8 cm³/mol. The maximum absolute atomic E-state index is 12.9. The van der Waals surface area contributed by atoms with Crippen molar-refractivity contribution < 1.29 is 14.3 Å². The molecule has 1 amide bonds. The largest absolute Gasteiger partial charge is 0.506 e. The summed E-state index contributed by atoms with van der Waals surface area (Å²) < 4.78 is 12.9. The van der Waals surface area contributed by atoms with Gasteiger partial charge in [-0.3, -0.25) is 4.79 Å². The van der Waals surface area contributed by atoms with Gasteiger partial charge in [-0.1, -0.05) is 24.3 Å². The third-order valence-electron chi connectivity index (χ3n) is 2.43. The monoisotopic (exact) mass is 245 g/mol. The molecular formula is C14H12FNO2. The van der Waals surface area contributed by atoms with Gasteiger partial charge in [0.1, 0.15) is 11.6 Å². The molecule has 0 bridgehead atoms. The second-order valence-electron chi connectivity index (χ2n) is 3.87. The van der Waals surface area contributed by atoms with Crippen molar-refractivity contribution >= 4 is 11.6 Å². The van der Waals surface area contributed by atoms with E-state index >= 15 is 0 Å². The minimum Gasteiger partial charge on any atom is -0.506 e. The van der Waals surface area contributed by atoms with Gasteiger partial charge in [-0.25, -0.2) is 4.39 Å². The van der Waals surface area contributed by atoms with Gasteiger partial charge in [0.25, 0.3) is 0 Å². The fraction of sp³-hybridized carbons (Fsp3) is 0.0714. The highest BCUT2D eigenvalue weighted by Gasteiger charge is 2.07. The van der Waals surface area contributed by atoms with Crippen LogP contribution in [-0.4, -0.2) is 11.0 Å². The van der Waals surface area contributed by atoms with Gasteiger partial charge in [-0.2, -0.15) is 0 Å². The molecule has 0 heterocycles. The van der Waals surface area contributed by atoms with Crippen molar-refractivity contribution in [3.63, 3.8) is 0 Å². The number of benzene rings is 2. The number of rotatable bonds is 3. The van der Waals surface area contributed by atoms with Crippen molar-refractivity contribution in [2.75, 3.05) is 5.32 Å². The highest BCUT2D eigenvalue weighted by molar-refractivity contribution is 5.93. The number of phenolic OH excluding ortho intramolecular Hbond substituents is 1. The molecule has 3 nitrogen and oxygen atoms in total. The summed E-state index contributed by atoms with van der Waals surface area (Å²) in [7, 11) is 0. The second kappa shape index (κ2) is 5.31. The first-order valence-electron chi connectivity index (χ1n) is 5.47. The molecule has 0 radical (unpaired) electrons. The molecule has 0 aliphatic rings. The Balaban J connectivity index is 2.03. The Kier molecular flexibility index (Phi) is 3.57. The molecule has 2 aromatic rings. The van der Waals surface area contributed by atoms with E-state index in [1.807, 2.05) is 0 Å². The molecule has 2 aromatic carbocycles. The van der Waals surface area contributed by atoms with Crippen LogP contribution in [0, 0.1) is 5.82 Å². The minimum absolute atomic E-state index is 0.00472. The molecule has 0 saturated heterocycles. The summed E-state index contributed by atoms with van der Waals surface area (Å²) in [5.74, 6) is -0.671. The average molecular weight is 245 g/mol. The van der Waals surface area contributed by atoms with E-state index in [9.17, 15) is 14.3 Å². The normalized spacial score (nSPS) is 10.1. The summed E-state index contributed by atoms with van der Waals surface area (Å²) in [5.41, 5.74) is 0.932. The van der Waals surface area contributed by atoms with Gasteiger partial charge in [-0.15, -0.1) is 0 Å². The van der Waals surface area contributed by atoms with Crippen LogP contribution in [0.5, 0.6) is 5.75 Å². The zero-order chi connectivity index (χ0) is 13.0. The molecule has 0 unspecified atom stereocenters. The van der Waals surface area contributed by atoms with Gasteiger partial charge >= 0.3 is 0 Å². The zero-order valence-electron chi connectivity index (χ0n) is 9.56.